The van der Waals surface area contributed by atoms with E-state index in [1.165, 1.54) is 6.42 Å². The molecule has 3 aromatic rings. The molecule has 7 nitrogen and oxygen atoms in total. The summed E-state index contributed by atoms with van der Waals surface area (Å²) in [4.78, 5) is 33.6. The number of hydrogen-bond acceptors (Lipinski definition) is 5. The number of benzene rings is 1. The smallest absolute Gasteiger partial charge is 0.222 e. The molecule has 1 spiro atoms. The van der Waals surface area contributed by atoms with E-state index in [9.17, 15) is 4.79 Å². The molecule has 5 rings (SSSR count). The molecular formula is C22H26N6O. The van der Waals surface area contributed by atoms with Gasteiger partial charge >= 0.3 is 0 Å². The topological polar surface area (TPSA) is 78.0 Å². The molecule has 2 aliphatic rings. The fourth-order valence-electron chi connectivity index (χ4n) is 4.82. The Morgan fingerprint density at radius 1 is 1.10 bits per heavy atom. The molecule has 2 saturated heterocycles. The van der Waals surface area contributed by atoms with Crippen LogP contribution in [0.4, 0.5) is 5.82 Å². The van der Waals surface area contributed by atoms with Crippen LogP contribution in [-0.2, 0) is 11.2 Å². The fraction of sp³-hybridized carbons (Fsp3) is 0.455. The molecule has 7 heteroatoms. The lowest BCUT2D eigenvalue weighted by atomic mass is 9.73. The first-order valence-electron chi connectivity index (χ1n) is 10.4. The number of anilines is 1. The summed E-state index contributed by atoms with van der Waals surface area (Å²) >= 11 is 0. The third-order valence-corrected chi connectivity index (χ3v) is 6.38. The Morgan fingerprint density at radius 2 is 2.00 bits per heavy atom. The van der Waals surface area contributed by atoms with Crippen molar-refractivity contribution in [3.05, 3.63) is 48.7 Å². The molecule has 0 radical (unpaired) electrons. The zero-order valence-electron chi connectivity index (χ0n) is 16.5. The van der Waals surface area contributed by atoms with E-state index in [0.29, 0.717) is 6.42 Å². The predicted octanol–water partition coefficient (Wildman–Crippen LogP) is 2.80. The van der Waals surface area contributed by atoms with Gasteiger partial charge in [0.15, 0.2) is 0 Å². The number of carbonyl (C=O) groups excluding carboxylic acids is 1. The van der Waals surface area contributed by atoms with E-state index in [1.54, 1.807) is 6.33 Å². The number of aromatic amines is 1. The average Bonchev–Trinajstić information content (AvgIpc) is 3.28. The number of H-pyrrole nitrogens is 1. The number of piperidine rings is 2. The monoisotopic (exact) mass is 390 g/mol. The minimum absolute atomic E-state index is 0.146. The van der Waals surface area contributed by atoms with Crippen LogP contribution in [0, 0.1) is 5.41 Å². The number of nitrogens with zero attached hydrogens (tertiary/aromatic N) is 5. The normalized spacial score (nSPS) is 22.6. The molecule has 1 unspecified atom stereocenters. The molecule has 1 atom stereocenters. The van der Waals surface area contributed by atoms with Crippen molar-refractivity contribution < 1.29 is 4.79 Å². The van der Waals surface area contributed by atoms with Crippen LogP contribution in [0.2, 0.25) is 0 Å². The number of nitrogens with one attached hydrogen (secondary N) is 1. The minimum Gasteiger partial charge on any atom is -0.355 e. The Labute approximate surface area is 170 Å². The summed E-state index contributed by atoms with van der Waals surface area (Å²) in [6, 6.07) is 8.00. The standard InChI is InChI=1S/C22H26N6O/c29-21-6-9-22(15-28(21)11-7-17-12-23-16-25-17)8-3-10-27(14-22)20-13-24-18-4-1-2-5-19(18)26-20/h1-2,4-5,12-13,16H,3,6-11,14-15H2,(H,23,25). The molecule has 2 aliphatic heterocycles. The van der Waals surface area contributed by atoms with Crippen LogP contribution in [0.15, 0.2) is 43.0 Å². The van der Waals surface area contributed by atoms with Crippen molar-refractivity contribution in [1.29, 1.82) is 0 Å². The lowest BCUT2D eigenvalue weighted by Gasteiger charge is -2.48. The second kappa shape index (κ2) is 7.46. The molecule has 2 aromatic heterocycles. The second-order valence-electron chi connectivity index (χ2n) is 8.38. The van der Waals surface area contributed by atoms with E-state index in [-0.39, 0.29) is 11.3 Å². The van der Waals surface area contributed by atoms with Gasteiger partial charge in [0.05, 0.1) is 23.6 Å². The molecule has 0 saturated carbocycles. The number of fused-ring (bicyclic) bond motifs is 1. The molecule has 29 heavy (non-hydrogen) atoms. The van der Waals surface area contributed by atoms with E-state index in [2.05, 4.69) is 24.8 Å². The Hall–Kier alpha value is -2.96. The van der Waals surface area contributed by atoms with Gasteiger partial charge in [-0.2, -0.15) is 0 Å². The van der Waals surface area contributed by atoms with Crippen molar-refractivity contribution in [1.82, 2.24) is 24.8 Å². The molecule has 150 valence electrons. The predicted molar refractivity (Wildman–Crippen MR) is 112 cm³/mol. The van der Waals surface area contributed by atoms with Crippen LogP contribution < -0.4 is 4.90 Å². The first kappa shape index (κ1) is 18.1. The molecule has 0 aliphatic carbocycles. The Balaban J connectivity index is 1.32. The van der Waals surface area contributed by atoms with E-state index >= 15 is 0 Å². The third-order valence-electron chi connectivity index (χ3n) is 6.38. The maximum atomic E-state index is 12.5. The van der Waals surface area contributed by atoms with Gasteiger partial charge in [-0.25, -0.2) is 9.97 Å². The van der Waals surface area contributed by atoms with Crippen LogP contribution in [0.3, 0.4) is 0 Å². The van der Waals surface area contributed by atoms with Gasteiger partial charge in [0.1, 0.15) is 5.82 Å². The number of carbonyl (C=O) groups is 1. The summed E-state index contributed by atoms with van der Waals surface area (Å²) in [6.07, 6.45) is 10.1. The van der Waals surface area contributed by atoms with E-state index in [1.807, 2.05) is 36.7 Å². The number of imidazole rings is 1. The van der Waals surface area contributed by atoms with Gasteiger partial charge in [-0.1, -0.05) is 12.1 Å². The average molecular weight is 390 g/mol. The Kier molecular flexibility index (Phi) is 4.66. The maximum absolute atomic E-state index is 12.5. The Morgan fingerprint density at radius 3 is 2.86 bits per heavy atom. The van der Waals surface area contributed by atoms with Gasteiger partial charge in [-0.3, -0.25) is 9.78 Å². The van der Waals surface area contributed by atoms with E-state index in [4.69, 9.17) is 4.98 Å². The lowest BCUT2D eigenvalue weighted by Crippen LogP contribution is -2.54. The molecule has 0 bridgehead atoms. The fourth-order valence-corrected chi connectivity index (χ4v) is 4.82. The zero-order chi connectivity index (χ0) is 19.7. The summed E-state index contributed by atoms with van der Waals surface area (Å²) in [7, 11) is 0. The number of para-hydroxylation sites is 2. The van der Waals surface area contributed by atoms with Gasteiger partial charge in [-0.15, -0.1) is 0 Å². The minimum atomic E-state index is 0.146. The highest BCUT2D eigenvalue weighted by atomic mass is 16.2. The van der Waals surface area contributed by atoms with Crippen LogP contribution in [0.25, 0.3) is 11.0 Å². The molecule has 4 heterocycles. The van der Waals surface area contributed by atoms with Crippen molar-refractivity contribution in [2.24, 2.45) is 5.41 Å². The van der Waals surface area contributed by atoms with E-state index in [0.717, 1.165) is 68.0 Å². The van der Waals surface area contributed by atoms with Crippen LogP contribution >= 0.6 is 0 Å². The summed E-state index contributed by atoms with van der Waals surface area (Å²) in [5.74, 6) is 1.22. The number of likely N-dealkylation sites (tertiary alicyclic amines) is 1. The molecule has 1 aromatic carbocycles. The number of aromatic nitrogens is 4. The molecule has 1 amide bonds. The van der Waals surface area contributed by atoms with Crippen LogP contribution in [0.1, 0.15) is 31.4 Å². The van der Waals surface area contributed by atoms with Gasteiger partial charge in [0.25, 0.3) is 0 Å². The van der Waals surface area contributed by atoms with Crippen molar-refractivity contribution in [2.75, 3.05) is 31.1 Å². The van der Waals surface area contributed by atoms with Crippen molar-refractivity contribution in [2.45, 2.75) is 32.1 Å². The van der Waals surface area contributed by atoms with Crippen molar-refractivity contribution in [3.8, 4) is 0 Å². The lowest BCUT2D eigenvalue weighted by molar-refractivity contribution is -0.137. The second-order valence-corrected chi connectivity index (χ2v) is 8.38. The number of rotatable bonds is 4. The molecular weight excluding hydrogens is 364 g/mol. The van der Waals surface area contributed by atoms with Crippen molar-refractivity contribution >= 4 is 22.8 Å². The largest absolute Gasteiger partial charge is 0.355 e. The first-order chi connectivity index (χ1) is 14.2. The van der Waals surface area contributed by atoms with Gasteiger partial charge in [0.2, 0.25) is 5.91 Å². The highest BCUT2D eigenvalue weighted by Gasteiger charge is 2.42. The Bertz CT molecular complexity index is 1000. The van der Waals surface area contributed by atoms with Crippen molar-refractivity contribution in [3.63, 3.8) is 0 Å². The van der Waals surface area contributed by atoms with Crippen LogP contribution in [0.5, 0.6) is 0 Å². The summed E-state index contributed by atoms with van der Waals surface area (Å²) < 4.78 is 0. The SMILES string of the molecule is O=C1CCC2(CCCN(c3cnc4ccccc4n3)C2)CN1CCc1cnc[nH]1. The summed E-state index contributed by atoms with van der Waals surface area (Å²) in [5, 5.41) is 0. The van der Waals surface area contributed by atoms with Crippen LogP contribution in [-0.4, -0.2) is 56.9 Å². The van der Waals surface area contributed by atoms with E-state index < -0.39 is 0 Å². The zero-order valence-corrected chi connectivity index (χ0v) is 16.5. The van der Waals surface area contributed by atoms with Gasteiger partial charge in [0, 0.05) is 56.3 Å². The molecule has 1 N–H and O–H groups in total. The van der Waals surface area contributed by atoms with Gasteiger partial charge < -0.3 is 14.8 Å². The summed E-state index contributed by atoms with van der Waals surface area (Å²) in [6.45, 7) is 3.51. The molecule has 2 fully saturated rings. The quantitative estimate of drug-likeness (QED) is 0.741. The number of amides is 1. The summed E-state index contributed by atoms with van der Waals surface area (Å²) in [5.41, 5.74) is 3.09. The maximum Gasteiger partial charge on any atom is 0.222 e. The number of hydrogen-bond donors (Lipinski definition) is 1. The first-order valence-corrected chi connectivity index (χ1v) is 10.4. The highest BCUT2D eigenvalue weighted by molar-refractivity contribution is 5.77. The van der Waals surface area contributed by atoms with Gasteiger partial charge in [-0.05, 0) is 31.4 Å². The third kappa shape index (κ3) is 3.69. The highest BCUT2D eigenvalue weighted by Crippen LogP contribution is 2.40.